The average Bonchev–Trinajstić information content (AvgIpc) is 3.21. The van der Waals surface area contributed by atoms with Crippen LogP contribution in [0.4, 0.5) is 19.0 Å². The van der Waals surface area contributed by atoms with Gasteiger partial charge in [0.2, 0.25) is 0 Å². The van der Waals surface area contributed by atoms with Gasteiger partial charge in [0, 0.05) is 48.8 Å². The molecule has 1 atom stereocenters. The number of aliphatic imine (C=N–C) groups is 1. The molecule has 0 bridgehead atoms. The highest BCUT2D eigenvalue weighted by molar-refractivity contribution is 5.78. The molecule has 3 aromatic rings. The molecule has 0 unspecified atom stereocenters. The summed E-state index contributed by atoms with van der Waals surface area (Å²) in [7, 11) is 0. The lowest BCUT2D eigenvalue weighted by Crippen LogP contribution is -2.40. The second-order valence-corrected chi connectivity index (χ2v) is 8.69. The van der Waals surface area contributed by atoms with Gasteiger partial charge in [-0.3, -0.25) is 4.98 Å². The molecule has 3 aliphatic rings. The van der Waals surface area contributed by atoms with Gasteiger partial charge < -0.3 is 20.1 Å². The molecule has 1 saturated heterocycles. The molecule has 5 heterocycles. The van der Waals surface area contributed by atoms with Crippen molar-refractivity contribution in [2.75, 3.05) is 24.6 Å². The van der Waals surface area contributed by atoms with E-state index in [0.29, 0.717) is 34.0 Å². The predicted molar refractivity (Wildman–Crippen MR) is 119 cm³/mol. The van der Waals surface area contributed by atoms with E-state index in [4.69, 9.17) is 15.2 Å². The van der Waals surface area contributed by atoms with Crippen molar-refractivity contribution in [3.63, 3.8) is 0 Å². The Balaban J connectivity index is 1.46. The van der Waals surface area contributed by atoms with Crippen LogP contribution in [0.25, 0.3) is 11.1 Å². The van der Waals surface area contributed by atoms with E-state index in [1.54, 1.807) is 18.5 Å². The van der Waals surface area contributed by atoms with E-state index in [2.05, 4.69) is 15.0 Å². The molecule has 0 aliphatic carbocycles. The standard InChI is InChI=1S/C24H20F3N5O2/c25-16-7-15(10-29-11-16)14-1-2-19-17(8-14)24(13-33-22(28)31-24)18-9-21(30-12-20(18)34-19)32-5-3-23(26,27)4-6-32/h1-2,7-12H,3-6,13H2,(H2,28,31)/t24-/m0/s1. The fraction of sp³-hybridized carbons (Fsp3) is 0.292. The summed E-state index contributed by atoms with van der Waals surface area (Å²) in [6.45, 7) is 0.526. The lowest BCUT2D eigenvalue weighted by atomic mass is 9.80. The maximum atomic E-state index is 13.8. The van der Waals surface area contributed by atoms with Crippen LogP contribution in [0.3, 0.4) is 0 Å². The van der Waals surface area contributed by atoms with E-state index in [1.807, 2.05) is 23.1 Å². The number of halogens is 3. The predicted octanol–water partition coefficient (Wildman–Crippen LogP) is 4.21. The van der Waals surface area contributed by atoms with E-state index in [0.717, 1.165) is 11.8 Å². The Kier molecular flexibility index (Phi) is 4.48. The highest BCUT2D eigenvalue weighted by Gasteiger charge is 2.48. The molecule has 174 valence electrons. The van der Waals surface area contributed by atoms with Crippen LogP contribution in [0.5, 0.6) is 11.5 Å². The van der Waals surface area contributed by atoms with Crippen LogP contribution in [-0.4, -0.2) is 41.6 Å². The third kappa shape index (κ3) is 3.32. The van der Waals surface area contributed by atoms with E-state index >= 15 is 0 Å². The van der Waals surface area contributed by atoms with Crippen LogP contribution in [0.1, 0.15) is 24.0 Å². The number of nitrogens with two attached hydrogens (primary N) is 1. The van der Waals surface area contributed by atoms with Gasteiger partial charge in [0.25, 0.3) is 11.9 Å². The quantitative estimate of drug-likeness (QED) is 0.608. The molecule has 2 N–H and O–H groups in total. The van der Waals surface area contributed by atoms with Crippen molar-refractivity contribution in [3.8, 4) is 22.6 Å². The third-order valence-corrected chi connectivity index (χ3v) is 6.53. The molecule has 34 heavy (non-hydrogen) atoms. The summed E-state index contributed by atoms with van der Waals surface area (Å²) in [5.41, 5.74) is 7.64. The summed E-state index contributed by atoms with van der Waals surface area (Å²) in [5, 5.41) is 0. The van der Waals surface area contributed by atoms with Gasteiger partial charge in [0.15, 0.2) is 11.3 Å². The summed E-state index contributed by atoms with van der Waals surface area (Å²) in [5.74, 6) is -1.50. The second kappa shape index (κ2) is 7.34. The molecule has 0 amide bonds. The first kappa shape index (κ1) is 20.8. The van der Waals surface area contributed by atoms with Crippen LogP contribution < -0.4 is 15.4 Å². The molecule has 6 rings (SSSR count). The topological polar surface area (TPSA) is 85.9 Å². The van der Waals surface area contributed by atoms with Crippen LogP contribution in [0.15, 0.2) is 53.9 Å². The lowest BCUT2D eigenvalue weighted by molar-refractivity contribution is -0.0221. The van der Waals surface area contributed by atoms with Crippen molar-refractivity contribution in [2.24, 2.45) is 10.7 Å². The van der Waals surface area contributed by atoms with Gasteiger partial charge in [0.05, 0.1) is 12.4 Å². The Bertz CT molecular complexity index is 1320. The first-order valence-corrected chi connectivity index (χ1v) is 10.9. The van der Waals surface area contributed by atoms with Crippen molar-refractivity contribution >= 4 is 11.8 Å². The molecule has 3 aliphatic heterocycles. The third-order valence-electron chi connectivity index (χ3n) is 6.53. The minimum absolute atomic E-state index is 0.0348. The highest BCUT2D eigenvalue weighted by atomic mass is 19.3. The van der Waals surface area contributed by atoms with Crippen molar-refractivity contribution in [1.82, 2.24) is 9.97 Å². The molecular formula is C24H20F3N5O2. The van der Waals surface area contributed by atoms with Crippen molar-refractivity contribution in [3.05, 3.63) is 65.9 Å². The number of aromatic nitrogens is 2. The Morgan fingerprint density at radius 3 is 2.47 bits per heavy atom. The Labute approximate surface area is 193 Å². The van der Waals surface area contributed by atoms with Crippen LogP contribution >= 0.6 is 0 Å². The number of nitrogens with zero attached hydrogens (tertiary/aromatic N) is 4. The Morgan fingerprint density at radius 2 is 1.74 bits per heavy atom. The molecule has 2 aromatic heterocycles. The number of alkyl halides is 2. The number of ether oxygens (including phenoxy) is 2. The molecular weight excluding hydrogens is 447 g/mol. The number of hydrogen-bond donors (Lipinski definition) is 1. The molecule has 1 fully saturated rings. The zero-order chi connectivity index (χ0) is 23.5. The summed E-state index contributed by atoms with van der Waals surface area (Å²) in [6, 6.07) is 8.70. The zero-order valence-corrected chi connectivity index (χ0v) is 18.0. The van der Waals surface area contributed by atoms with Gasteiger partial charge in [-0.25, -0.2) is 23.1 Å². The Hall–Kier alpha value is -3.82. The number of anilines is 1. The zero-order valence-electron chi connectivity index (χ0n) is 18.0. The van der Waals surface area contributed by atoms with Gasteiger partial charge in [-0.1, -0.05) is 6.07 Å². The fourth-order valence-electron chi connectivity index (χ4n) is 4.73. The number of fused-ring (bicyclic) bond motifs is 4. The first-order valence-electron chi connectivity index (χ1n) is 10.9. The minimum Gasteiger partial charge on any atom is -0.462 e. The molecule has 0 saturated carbocycles. The number of hydrogen-bond acceptors (Lipinski definition) is 7. The van der Waals surface area contributed by atoms with Crippen molar-refractivity contribution < 1.29 is 22.6 Å². The largest absolute Gasteiger partial charge is 0.462 e. The second-order valence-electron chi connectivity index (χ2n) is 8.69. The van der Waals surface area contributed by atoms with Crippen LogP contribution in [-0.2, 0) is 10.3 Å². The first-order chi connectivity index (χ1) is 16.3. The molecule has 7 nitrogen and oxygen atoms in total. The van der Waals surface area contributed by atoms with E-state index in [1.165, 1.54) is 6.07 Å². The van der Waals surface area contributed by atoms with E-state index < -0.39 is 17.3 Å². The average molecular weight is 467 g/mol. The normalized spacial score (nSPS) is 22.4. The SMILES string of the molecule is NC1=N[C@@]2(CO1)c1cc(-c3cncc(F)c3)ccc1Oc1cnc(N3CCC(F)(F)CC3)cc12. The summed E-state index contributed by atoms with van der Waals surface area (Å²) in [4.78, 5) is 14.9. The maximum Gasteiger partial charge on any atom is 0.283 e. The maximum absolute atomic E-state index is 13.8. The fourth-order valence-corrected chi connectivity index (χ4v) is 4.73. The van der Waals surface area contributed by atoms with E-state index in [-0.39, 0.29) is 38.6 Å². The summed E-state index contributed by atoms with van der Waals surface area (Å²) in [6.07, 6.45) is 3.84. The van der Waals surface area contributed by atoms with Gasteiger partial charge in [-0.05, 0) is 29.8 Å². The molecule has 1 spiro atoms. The number of pyridine rings is 2. The van der Waals surface area contributed by atoms with Crippen LogP contribution in [0.2, 0.25) is 0 Å². The number of benzene rings is 1. The van der Waals surface area contributed by atoms with Gasteiger partial charge in [-0.15, -0.1) is 0 Å². The smallest absolute Gasteiger partial charge is 0.283 e. The molecule has 10 heteroatoms. The minimum atomic E-state index is -2.66. The molecule has 1 aromatic carbocycles. The van der Waals surface area contributed by atoms with Gasteiger partial charge >= 0.3 is 0 Å². The number of piperidine rings is 1. The van der Waals surface area contributed by atoms with Crippen molar-refractivity contribution in [1.29, 1.82) is 0 Å². The van der Waals surface area contributed by atoms with Crippen molar-refractivity contribution in [2.45, 2.75) is 24.3 Å². The number of rotatable bonds is 2. The van der Waals surface area contributed by atoms with Gasteiger partial charge in [-0.2, -0.15) is 0 Å². The van der Waals surface area contributed by atoms with E-state index in [9.17, 15) is 13.2 Å². The van der Waals surface area contributed by atoms with Crippen LogP contribution in [0, 0.1) is 5.82 Å². The highest BCUT2D eigenvalue weighted by Crippen LogP contribution is 2.52. The number of amidine groups is 1. The Morgan fingerprint density at radius 1 is 0.941 bits per heavy atom. The summed E-state index contributed by atoms with van der Waals surface area (Å²) >= 11 is 0. The monoisotopic (exact) mass is 467 g/mol. The summed E-state index contributed by atoms with van der Waals surface area (Å²) < 4.78 is 52.9. The molecule has 0 radical (unpaired) electrons. The van der Waals surface area contributed by atoms with Gasteiger partial charge in [0.1, 0.15) is 24.0 Å². The lowest BCUT2D eigenvalue weighted by Gasteiger charge is -2.36.